The number of fused-ring (bicyclic) bond motifs is 2. The number of amides is 2. The third kappa shape index (κ3) is 3.33. The second-order valence-corrected chi connectivity index (χ2v) is 7.64. The van der Waals surface area contributed by atoms with E-state index < -0.39 is 0 Å². The summed E-state index contributed by atoms with van der Waals surface area (Å²) in [6.45, 7) is 1.65. The van der Waals surface area contributed by atoms with Crippen LogP contribution in [0, 0.1) is 0 Å². The van der Waals surface area contributed by atoms with Gasteiger partial charge >= 0.3 is 0 Å². The third-order valence-electron chi connectivity index (χ3n) is 4.86. The summed E-state index contributed by atoms with van der Waals surface area (Å²) in [7, 11) is 0. The van der Waals surface area contributed by atoms with Crippen LogP contribution in [0.4, 0.5) is 5.69 Å². The molecule has 2 amide bonds. The minimum Gasteiger partial charge on any atom is -0.341 e. The molecule has 0 N–H and O–H groups in total. The molecule has 26 heavy (non-hydrogen) atoms. The fourth-order valence-corrected chi connectivity index (χ4v) is 4.49. The van der Waals surface area contributed by atoms with Crippen LogP contribution in [0.15, 0.2) is 52.5 Å². The number of nitrogens with zero attached hydrogens (tertiary/aromatic N) is 3. The molecule has 0 atom stereocenters. The van der Waals surface area contributed by atoms with Crippen molar-refractivity contribution >= 4 is 29.3 Å². The molecule has 0 saturated carbocycles. The van der Waals surface area contributed by atoms with E-state index in [4.69, 9.17) is 0 Å². The second-order valence-electron chi connectivity index (χ2n) is 6.61. The van der Waals surface area contributed by atoms with Gasteiger partial charge in [0, 0.05) is 24.2 Å². The summed E-state index contributed by atoms with van der Waals surface area (Å²) in [5.41, 5.74) is 1.33. The highest BCUT2D eigenvalue weighted by Gasteiger charge is 2.30. The molecule has 1 fully saturated rings. The van der Waals surface area contributed by atoms with Gasteiger partial charge < -0.3 is 4.90 Å². The number of hydrogen-bond donors (Lipinski definition) is 0. The number of anilines is 1. The van der Waals surface area contributed by atoms with Crippen LogP contribution in [0.3, 0.4) is 0 Å². The number of hydrogen-bond acceptors (Lipinski definition) is 4. The minimum atomic E-state index is -0.159. The summed E-state index contributed by atoms with van der Waals surface area (Å²) in [4.78, 5) is 34.9. The number of benzene rings is 1. The largest absolute Gasteiger partial charge is 0.341 e. The molecule has 0 unspecified atom stereocenters. The molecule has 3 heterocycles. The van der Waals surface area contributed by atoms with Gasteiger partial charge in [0.15, 0.2) is 0 Å². The van der Waals surface area contributed by atoms with Gasteiger partial charge in [-0.05, 0) is 37.1 Å². The fraction of sp³-hybridized carbons (Fsp3) is 0.350. The fourth-order valence-electron chi connectivity index (χ4n) is 3.47. The third-order valence-corrected chi connectivity index (χ3v) is 5.95. The van der Waals surface area contributed by atoms with E-state index in [1.165, 1.54) is 24.6 Å². The topological polar surface area (TPSA) is 53.5 Å². The average Bonchev–Trinajstić information content (AvgIpc) is 3.01. The molecule has 6 heteroatoms. The Morgan fingerprint density at radius 2 is 1.81 bits per heavy atom. The Labute approximate surface area is 157 Å². The zero-order valence-corrected chi connectivity index (χ0v) is 15.4. The van der Waals surface area contributed by atoms with Gasteiger partial charge in [0.1, 0.15) is 11.6 Å². The molecule has 2 aliphatic rings. The first-order chi connectivity index (χ1) is 12.7. The highest BCUT2D eigenvalue weighted by Crippen LogP contribution is 2.40. The lowest BCUT2D eigenvalue weighted by Gasteiger charge is -2.27. The van der Waals surface area contributed by atoms with E-state index in [-0.39, 0.29) is 18.4 Å². The van der Waals surface area contributed by atoms with Crippen LogP contribution < -0.4 is 4.90 Å². The van der Waals surface area contributed by atoms with Crippen LogP contribution in [0.5, 0.6) is 0 Å². The first-order valence-electron chi connectivity index (χ1n) is 9.05. The van der Waals surface area contributed by atoms with Crippen molar-refractivity contribution in [2.24, 2.45) is 0 Å². The van der Waals surface area contributed by atoms with E-state index in [0.29, 0.717) is 10.6 Å². The molecular weight excluding hydrogens is 346 g/mol. The van der Waals surface area contributed by atoms with Crippen LogP contribution in [-0.4, -0.2) is 41.3 Å². The molecule has 4 rings (SSSR count). The Bertz CT molecular complexity index is 831. The molecular formula is C20H21N3O2S. The summed E-state index contributed by atoms with van der Waals surface area (Å²) in [6.07, 6.45) is 6.12. The zero-order valence-electron chi connectivity index (χ0n) is 14.6. The van der Waals surface area contributed by atoms with Crippen molar-refractivity contribution in [2.75, 3.05) is 24.5 Å². The molecule has 0 aliphatic carbocycles. The Morgan fingerprint density at radius 3 is 2.62 bits per heavy atom. The molecule has 2 aromatic rings. The maximum Gasteiger partial charge on any atom is 0.261 e. The minimum absolute atomic E-state index is 0.0207. The summed E-state index contributed by atoms with van der Waals surface area (Å²) < 4.78 is 0. The summed E-state index contributed by atoms with van der Waals surface area (Å²) in [5.74, 6) is -0.138. The molecule has 0 spiro atoms. The van der Waals surface area contributed by atoms with Crippen LogP contribution in [0.25, 0.3) is 0 Å². The Kier molecular flexibility index (Phi) is 4.93. The maximum absolute atomic E-state index is 13.2. The van der Waals surface area contributed by atoms with E-state index >= 15 is 0 Å². The predicted octanol–water partition coefficient (Wildman–Crippen LogP) is 3.60. The van der Waals surface area contributed by atoms with Crippen molar-refractivity contribution in [2.45, 2.75) is 35.6 Å². The standard InChI is InChI=1S/C20H21N3O2S/c24-18(22-12-5-1-2-6-13-22)14-23-16-9-3-4-10-17(16)26-19-15(20(23)25)8-7-11-21-19/h3-4,7-11H,1-2,5-6,12-14H2. The molecule has 5 nitrogen and oxygen atoms in total. The Hall–Kier alpha value is -2.34. The van der Waals surface area contributed by atoms with Gasteiger partial charge in [-0.1, -0.05) is 36.7 Å². The highest BCUT2D eigenvalue weighted by atomic mass is 32.2. The highest BCUT2D eigenvalue weighted by molar-refractivity contribution is 7.99. The zero-order chi connectivity index (χ0) is 17.9. The van der Waals surface area contributed by atoms with Gasteiger partial charge in [-0.25, -0.2) is 4.98 Å². The molecule has 134 valence electrons. The maximum atomic E-state index is 13.2. The van der Waals surface area contributed by atoms with Crippen molar-refractivity contribution in [1.82, 2.24) is 9.88 Å². The van der Waals surface area contributed by atoms with E-state index in [1.54, 1.807) is 23.2 Å². The van der Waals surface area contributed by atoms with Gasteiger partial charge in [0.2, 0.25) is 5.91 Å². The Morgan fingerprint density at radius 1 is 1.04 bits per heavy atom. The molecule has 1 aromatic carbocycles. The number of aromatic nitrogens is 1. The number of rotatable bonds is 2. The first-order valence-corrected chi connectivity index (χ1v) is 9.87. The molecule has 2 aliphatic heterocycles. The number of carbonyl (C=O) groups excluding carboxylic acids is 2. The number of para-hydroxylation sites is 1. The smallest absolute Gasteiger partial charge is 0.261 e. The van der Waals surface area contributed by atoms with E-state index in [2.05, 4.69) is 4.98 Å². The monoisotopic (exact) mass is 367 g/mol. The number of carbonyl (C=O) groups is 2. The second kappa shape index (κ2) is 7.50. The van der Waals surface area contributed by atoms with Gasteiger partial charge in [0.05, 0.1) is 11.3 Å². The van der Waals surface area contributed by atoms with E-state index in [0.717, 1.165) is 36.5 Å². The average molecular weight is 367 g/mol. The van der Waals surface area contributed by atoms with Gasteiger partial charge in [-0.3, -0.25) is 14.5 Å². The summed E-state index contributed by atoms with van der Waals surface area (Å²) in [6, 6.07) is 11.3. The molecule has 1 saturated heterocycles. The lowest BCUT2D eigenvalue weighted by atomic mass is 10.2. The number of likely N-dealkylation sites (tertiary alicyclic amines) is 1. The SMILES string of the molecule is O=C(CN1C(=O)c2cccnc2Sc2ccccc21)N1CCCCCC1. The van der Waals surface area contributed by atoms with E-state index in [9.17, 15) is 9.59 Å². The van der Waals surface area contributed by atoms with Crippen LogP contribution in [-0.2, 0) is 4.79 Å². The van der Waals surface area contributed by atoms with Crippen molar-refractivity contribution < 1.29 is 9.59 Å². The summed E-state index contributed by atoms with van der Waals surface area (Å²) in [5, 5.41) is 0.690. The number of pyridine rings is 1. The van der Waals surface area contributed by atoms with Gasteiger partial charge in [-0.15, -0.1) is 0 Å². The van der Waals surface area contributed by atoms with Crippen molar-refractivity contribution in [3.05, 3.63) is 48.2 Å². The first kappa shape index (κ1) is 17.1. The van der Waals surface area contributed by atoms with Crippen molar-refractivity contribution in [1.29, 1.82) is 0 Å². The van der Waals surface area contributed by atoms with Crippen LogP contribution in [0.1, 0.15) is 36.0 Å². The van der Waals surface area contributed by atoms with Gasteiger partial charge in [-0.2, -0.15) is 0 Å². The lowest BCUT2D eigenvalue weighted by molar-refractivity contribution is -0.129. The molecule has 0 bridgehead atoms. The quantitative estimate of drug-likeness (QED) is 0.814. The predicted molar refractivity (Wildman–Crippen MR) is 102 cm³/mol. The lowest BCUT2D eigenvalue weighted by Crippen LogP contribution is -2.43. The van der Waals surface area contributed by atoms with Gasteiger partial charge in [0.25, 0.3) is 5.91 Å². The van der Waals surface area contributed by atoms with E-state index in [1.807, 2.05) is 29.2 Å². The van der Waals surface area contributed by atoms with Crippen LogP contribution in [0.2, 0.25) is 0 Å². The Balaban J connectivity index is 1.67. The van der Waals surface area contributed by atoms with Crippen molar-refractivity contribution in [3.63, 3.8) is 0 Å². The van der Waals surface area contributed by atoms with Crippen molar-refractivity contribution in [3.8, 4) is 0 Å². The normalized spacial score (nSPS) is 17.2. The molecule has 0 radical (unpaired) electrons. The summed E-state index contributed by atoms with van der Waals surface area (Å²) >= 11 is 1.48. The molecule has 1 aromatic heterocycles. The van der Waals surface area contributed by atoms with Crippen LogP contribution >= 0.6 is 11.8 Å².